The van der Waals surface area contributed by atoms with Crippen molar-refractivity contribution in [1.82, 2.24) is 14.7 Å². The SMILES string of the molecule is CCOC(=O)c1cc(-c2ccc(N3CCN(C(=O)COc4ccccc4)CC3)cc2)n(-c2ccccc2OC)n1. The third-order valence-electron chi connectivity index (χ3n) is 6.77. The van der Waals surface area contributed by atoms with Gasteiger partial charge in [0.1, 0.15) is 17.2 Å². The predicted molar refractivity (Wildman–Crippen MR) is 152 cm³/mol. The molecule has 3 aromatic carbocycles. The van der Waals surface area contributed by atoms with Crippen LogP contribution in [-0.4, -0.2) is 73.1 Å². The topological polar surface area (TPSA) is 86.1 Å². The lowest BCUT2D eigenvalue weighted by Crippen LogP contribution is -2.50. The molecular weight excluding hydrogens is 508 g/mol. The molecule has 0 radical (unpaired) electrons. The Balaban J connectivity index is 1.29. The Morgan fingerprint density at radius 3 is 2.27 bits per heavy atom. The quantitative estimate of drug-likeness (QED) is 0.290. The van der Waals surface area contributed by atoms with Crippen molar-refractivity contribution < 1.29 is 23.8 Å². The van der Waals surface area contributed by atoms with Gasteiger partial charge >= 0.3 is 5.97 Å². The summed E-state index contributed by atoms with van der Waals surface area (Å²) in [6.07, 6.45) is 0. The lowest BCUT2D eigenvalue weighted by molar-refractivity contribution is -0.133. The molecule has 0 N–H and O–H groups in total. The number of carbonyl (C=O) groups is 2. The normalized spacial score (nSPS) is 13.2. The molecule has 1 aromatic heterocycles. The third kappa shape index (κ3) is 5.93. The van der Waals surface area contributed by atoms with Crippen LogP contribution in [0.4, 0.5) is 5.69 Å². The van der Waals surface area contributed by atoms with E-state index in [0.29, 0.717) is 24.6 Å². The van der Waals surface area contributed by atoms with Gasteiger partial charge in [0.05, 0.1) is 19.4 Å². The van der Waals surface area contributed by atoms with Crippen molar-refractivity contribution in [2.75, 3.05) is 51.4 Å². The Labute approximate surface area is 233 Å². The standard InChI is InChI=1S/C31H32N4O5/c1-3-39-31(37)26-21-28(35(32-26)27-11-7-8-12-29(27)38-2)23-13-15-24(16-14-23)33-17-19-34(20-18-33)30(36)22-40-25-9-5-4-6-10-25/h4-16,21H,3,17-20,22H2,1-2H3. The van der Waals surface area contributed by atoms with E-state index < -0.39 is 5.97 Å². The van der Waals surface area contributed by atoms with Crippen LogP contribution in [0.15, 0.2) is 84.9 Å². The summed E-state index contributed by atoms with van der Waals surface area (Å²) in [7, 11) is 1.60. The summed E-state index contributed by atoms with van der Waals surface area (Å²) in [6, 6.07) is 26.8. The summed E-state index contributed by atoms with van der Waals surface area (Å²) in [5.74, 6) is 0.841. The van der Waals surface area contributed by atoms with E-state index in [1.54, 1.807) is 24.8 Å². The van der Waals surface area contributed by atoms with E-state index in [4.69, 9.17) is 14.2 Å². The number of methoxy groups -OCH3 is 1. The highest BCUT2D eigenvalue weighted by Gasteiger charge is 2.23. The summed E-state index contributed by atoms with van der Waals surface area (Å²) in [5.41, 5.74) is 3.64. The highest BCUT2D eigenvalue weighted by atomic mass is 16.5. The zero-order valence-corrected chi connectivity index (χ0v) is 22.7. The number of ether oxygens (including phenoxy) is 3. The molecule has 1 amide bonds. The smallest absolute Gasteiger partial charge is 0.358 e. The van der Waals surface area contributed by atoms with Crippen molar-refractivity contribution in [2.24, 2.45) is 0 Å². The van der Waals surface area contributed by atoms with Crippen LogP contribution < -0.4 is 14.4 Å². The van der Waals surface area contributed by atoms with Gasteiger partial charge in [0, 0.05) is 37.4 Å². The van der Waals surface area contributed by atoms with E-state index in [-0.39, 0.29) is 24.8 Å². The van der Waals surface area contributed by atoms with Gasteiger partial charge in [-0.05, 0) is 49.4 Å². The van der Waals surface area contributed by atoms with Gasteiger partial charge in [-0.3, -0.25) is 4.79 Å². The number of esters is 1. The molecule has 1 saturated heterocycles. The van der Waals surface area contributed by atoms with Crippen LogP contribution >= 0.6 is 0 Å². The van der Waals surface area contributed by atoms with Gasteiger partial charge in [-0.25, -0.2) is 9.48 Å². The summed E-state index contributed by atoms with van der Waals surface area (Å²) in [6.45, 7) is 4.77. The molecule has 9 heteroatoms. The van der Waals surface area contributed by atoms with Crippen LogP contribution in [0.1, 0.15) is 17.4 Å². The average Bonchev–Trinajstić information content (AvgIpc) is 3.46. The second-order valence-electron chi connectivity index (χ2n) is 9.24. The van der Waals surface area contributed by atoms with Crippen LogP contribution in [0.3, 0.4) is 0 Å². The molecule has 0 aliphatic carbocycles. The van der Waals surface area contributed by atoms with Crippen LogP contribution in [0.25, 0.3) is 16.9 Å². The Morgan fingerprint density at radius 2 is 1.57 bits per heavy atom. The third-order valence-corrected chi connectivity index (χ3v) is 6.77. The fourth-order valence-electron chi connectivity index (χ4n) is 4.69. The van der Waals surface area contributed by atoms with Crippen LogP contribution in [0.2, 0.25) is 0 Å². The van der Waals surface area contributed by atoms with E-state index in [1.807, 2.05) is 71.6 Å². The second kappa shape index (κ2) is 12.4. The van der Waals surface area contributed by atoms with Gasteiger partial charge < -0.3 is 24.0 Å². The van der Waals surface area contributed by atoms with Gasteiger partial charge in [0.2, 0.25) is 0 Å². The van der Waals surface area contributed by atoms with Crippen molar-refractivity contribution in [3.63, 3.8) is 0 Å². The Hall–Kier alpha value is -4.79. The molecule has 1 fully saturated rings. The monoisotopic (exact) mass is 540 g/mol. The highest BCUT2D eigenvalue weighted by molar-refractivity contribution is 5.89. The van der Waals surface area contributed by atoms with Gasteiger partial charge in [0.15, 0.2) is 12.3 Å². The summed E-state index contributed by atoms with van der Waals surface area (Å²) in [4.78, 5) is 29.2. The molecule has 0 atom stereocenters. The number of anilines is 1. The molecule has 4 aromatic rings. The Bertz CT molecular complexity index is 1440. The maximum Gasteiger partial charge on any atom is 0.358 e. The van der Waals surface area contributed by atoms with E-state index in [9.17, 15) is 9.59 Å². The maximum absolute atomic E-state index is 12.6. The molecule has 0 bridgehead atoms. The zero-order chi connectivity index (χ0) is 27.9. The first-order valence-electron chi connectivity index (χ1n) is 13.3. The first kappa shape index (κ1) is 26.8. The lowest BCUT2D eigenvalue weighted by atomic mass is 10.1. The van der Waals surface area contributed by atoms with Crippen LogP contribution in [-0.2, 0) is 9.53 Å². The Kier molecular flexibility index (Phi) is 8.29. The predicted octanol–water partition coefficient (Wildman–Crippen LogP) is 4.45. The highest BCUT2D eigenvalue weighted by Crippen LogP contribution is 2.31. The summed E-state index contributed by atoms with van der Waals surface area (Å²) in [5, 5.41) is 4.56. The summed E-state index contributed by atoms with van der Waals surface area (Å²) >= 11 is 0. The molecule has 0 spiro atoms. The number of rotatable bonds is 9. The molecular formula is C31H32N4O5. The number of hydrogen-bond donors (Lipinski definition) is 0. The summed E-state index contributed by atoms with van der Waals surface area (Å²) < 4.78 is 18.1. The fourth-order valence-corrected chi connectivity index (χ4v) is 4.69. The van der Waals surface area contributed by atoms with Crippen LogP contribution in [0.5, 0.6) is 11.5 Å². The molecule has 1 aliphatic rings. The minimum Gasteiger partial charge on any atom is -0.494 e. The number of piperazine rings is 1. The first-order chi connectivity index (χ1) is 19.6. The molecule has 1 aliphatic heterocycles. The van der Waals surface area contributed by atoms with E-state index in [0.717, 1.165) is 35.7 Å². The van der Waals surface area contributed by atoms with Crippen molar-refractivity contribution in [3.8, 4) is 28.4 Å². The van der Waals surface area contributed by atoms with Crippen molar-refractivity contribution in [1.29, 1.82) is 0 Å². The molecule has 0 unspecified atom stereocenters. The number of amides is 1. The van der Waals surface area contributed by atoms with Gasteiger partial charge in [0.25, 0.3) is 5.91 Å². The minimum absolute atomic E-state index is 0.0131. The fraction of sp³-hybridized carbons (Fsp3) is 0.258. The average molecular weight is 541 g/mol. The molecule has 5 rings (SSSR count). The number of benzene rings is 3. The number of nitrogens with zero attached hydrogens (tertiary/aromatic N) is 4. The second-order valence-corrected chi connectivity index (χ2v) is 9.24. The largest absolute Gasteiger partial charge is 0.494 e. The number of para-hydroxylation sites is 3. The number of carbonyl (C=O) groups excluding carboxylic acids is 2. The van der Waals surface area contributed by atoms with E-state index in [2.05, 4.69) is 22.1 Å². The Morgan fingerprint density at radius 1 is 0.875 bits per heavy atom. The zero-order valence-electron chi connectivity index (χ0n) is 22.7. The van der Waals surface area contributed by atoms with Gasteiger partial charge in [-0.2, -0.15) is 5.10 Å². The van der Waals surface area contributed by atoms with Crippen molar-refractivity contribution in [2.45, 2.75) is 6.92 Å². The first-order valence-corrected chi connectivity index (χ1v) is 13.3. The maximum atomic E-state index is 12.6. The molecule has 206 valence electrons. The molecule has 40 heavy (non-hydrogen) atoms. The number of aromatic nitrogens is 2. The molecule has 0 saturated carbocycles. The molecule has 2 heterocycles. The van der Waals surface area contributed by atoms with Crippen molar-refractivity contribution >= 4 is 17.6 Å². The van der Waals surface area contributed by atoms with E-state index in [1.165, 1.54) is 0 Å². The number of hydrogen-bond acceptors (Lipinski definition) is 7. The van der Waals surface area contributed by atoms with E-state index >= 15 is 0 Å². The minimum atomic E-state index is -0.476. The van der Waals surface area contributed by atoms with Crippen molar-refractivity contribution in [3.05, 3.63) is 90.6 Å². The lowest BCUT2D eigenvalue weighted by Gasteiger charge is -2.36. The molecule has 9 nitrogen and oxygen atoms in total. The van der Waals surface area contributed by atoms with Crippen LogP contribution in [0, 0.1) is 0 Å². The van der Waals surface area contributed by atoms with Gasteiger partial charge in [-0.1, -0.05) is 42.5 Å². The van der Waals surface area contributed by atoms with Gasteiger partial charge in [-0.15, -0.1) is 0 Å².